The molecular weight excluding hydrogens is 204 g/mol. The van der Waals surface area contributed by atoms with E-state index in [1.165, 1.54) is 7.11 Å². The molecule has 0 saturated carbocycles. The van der Waals surface area contributed by atoms with Crippen molar-refractivity contribution in [2.24, 2.45) is 0 Å². The first kappa shape index (κ1) is 11.6. The van der Waals surface area contributed by atoms with Crippen molar-refractivity contribution in [2.75, 3.05) is 20.7 Å². The van der Waals surface area contributed by atoms with Crippen molar-refractivity contribution in [3.63, 3.8) is 0 Å². The minimum Gasteiger partial charge on any atom is -0.494 e. The highest BCUT2D eigenvalue weighted by Gasteiger charge is 2.17. The van der Waals surface area contributed by atoms with E-state index in [1.54, 1.807) is 7.05 Å². The van der Waals surface area contributed by atoms with Crippen LogP contribution in [0.15, 0.2) is 12.1 Å². The van der Waals surface area contributed by atoms with Crippen LogP contribution in [0.4, 0.5) is 8.78 Å². The number of carbonyl (C=O) groups is 1. The highest BCUT2D eigenvalue weighted by atomic mass is 19.1. The summed E-state index contributed by atoms with van der Waals surface area (Å²) < 4.78 is 31.1. The van der Waals surface area contributed by atoms with Gasteiger partial charge in [0.2, 0.25) is 0 Å². The van der Waals surface area contributed by atoms with E-state index in [0.717, 1.165) is 12.1 Å². The molecule has 0 aliphatic carbocycles. The monoisotopic (exact) mass is 215 g/mol. The van der Waals surface area contributed by atoms with Gasteiger partial charge in [0.15, 0.2) is 17.3 Å². The Labute approximate surface area is 86.0 Å². The summed E-state index contributed by atoms with van der Waals surface area (Å²) in [6.45, 7) is -0.0521. The summed E-state index contributed by atoms with van der Waals surface area (Å²) in [7, 11) is 2.76. The van der Waals surface area contributed by atoms with Crippen molar-refractivity contribution in [3.8, 4) is 5.75 Å². The zero-order valence-electron chi connectivity index (χ0n) is 8.43. The van der Waals surface area contributed by atoms with E-state index >= 15 is 0 Å². The SMILES string of the molecule is CNCC(=O)c1cc(F)cc(OC)c1F. The molecule has 0 aliphatic rings. The molecule has 0 heterocycles. The third kappa shape index (κ3) is 2.50. The van der Waals surface area contributed by atoms with Crippen LogP contribution in [0.3, 0.4) is 0 Å². The predicted octanol–water partition coefficient (Wildman–Crippen LogP) is 1.38. The fraction of sp³-hybridized carbons (Fsp3) is 0.300. The Morgan fingerprint density at radius 3 is 2.67 bits per heavy atom. The number of benzene rings is 1. The second-order valence-corrected chi connectivity index (χ2v) is 2.92. The molecule has 3 nitrogen and oxygen atoms in total. The molecule has 0 spiro atoms. The minimum absolute atomic E-state index is 0.0521. The Hall–Kier alpha value is -1.49. The normalized spacial score (nSPS) is 10.1. The number of rotatable bonds is 4. The average molecular weight is 215 g/mol. The van der Waals surface area contributed by atoms with Gasteiger partial charge < -0.3 is 10.1 Å². The van der Waals surface area contributed by atoms with Crippen molar-refractivity contribution < 1.29 is 18.3 Å². The molecule has 1 aromatic rings. The van der Waals surface area contributed by atoms with Crippen molar-refractivity contribution in [1.29, 1.82) is 0 Å². The molecule has 0 amide bonds. The standard InChI is InChI=1S/C10H11F2NO2/c1-13-5-8(14)7-3-6(11)4-9(15-2)10(7)12/h3-4,13H,5H2,1-2H3. The fourth-order valence-corrected chi connectivity index (χ4v) is 1.17. The number of methoxy groups -OCH3 is 1. The lowest BCUT2D eigenvalue weighted by atomic mass is 10.1. The van der Waals surface area contributed by atoms with Gasteiger partial charge in [-0.2, -0.15) is 0 Å². The molecule has 0 radical (unpaired) electrons. The zero-order chi connectivity index (χ0) is 11.4. The molecule has 15 heavy (non-hydrogen) atoms. The molecule has 82 valence electrons. The molecular formula is C10H11F2NO2. The van der Waals surface area contributed by atoms with Gasteiger partial charge in [0.05, 0.1) is 19.2 Å². The van der Waals surface area contributed by atoms with Gasteiger partial charge in [-0.25, -0.2) is 8.78 Å². The van der Waals surface area contributed by atoms with Gasteiger partial charge in [-0.1, -0.05) is 0 Å². The maximum Gasteiger partial charge on any atom is 0.179 e. The molecule has 0 saturated heterocycles. The van der Waals surface area contributed by atoms with E-state index in [2.05, 4.69) is 10.1 Å². The number of nitrogens with one attached hydrogen (secondary N) is 1. The third-order valence-corrected chi connectivity index (χ3v) is 1.86. The van der Waals surface area contributed by atoms with Crippen LogP contribution in [-0.4, -0.2) is 26.5 Å². The number of Topliss-reactive ketones (excluding diaryl/α,β-unsaturated/α-hetero) is 1. The van der Waals surface area contributed by atoms with E-state index in [-0.39, 0.29) is 17.9 Å². The Bertz CT molecular complexity index is 380. The van der Waals surface area contributed by atoms with E-state index in [1.807, 2.05) is 0 Å². The maximum atomic E-state index is 13.5. The zero-order valence-corrected chi connectivity index (χ0v) is 8.43. The van der Waals surface area contributed by atoms with Crippen LogP contribution in [0.5, 0.6) is 5.75 Å². The average Bonchev–Trinajstić information content (AvgIpc) is 2.21. The van der Waals surface area contributed by atoms with Crippen LogP contribution in [0.1, 0.15) is 10.4 Å². The van der Waals surface area contributed by atoms with E-state index < -0.39 is 17.4 Å². The molecule has 0 bridgehead atoms. The summed E-state index contributed by atoms with van der Waals surface area (Å²) in [4.78, 5) is 11.4. The molecule has 0 atom stereocenters. The summed E-state index contributed by atoms with van der Waals surface area (Å²) in [6, 6.07) is 1.75. The fourth-order valence-electron chi connectivity index (χ4n) is 1.17. The summed E-state index contributed by atoms with van der Waals surface area (Å²) in [5.41, 5.74) is -0.304. The summed E-state index contributed by atoms with van der Waals surface area (Å²) in [5, 5.41) is 2.57. The summed E-state index contributed by atoms with van der Waals surface area (Å²) in [6.07, 6.45) is 0. The Morgan fingerprint density at radius 2 is 2.13 bits per heavy atom. The lowest BCUT2D eigenvalue weighted by Crippen LogP contribution is -2.20. The van der Waals surface area contributed by atoms with E-state index in [0.29, 0.717) is 0 Å². The smallest absolute Gasteiger partial charge is 0.179 e. The number of hydrogen-bond donors (Lipinski definition) is 1. The van der Waals surface area contributed by atoms with Crippen LogP contribution in [0, 0.1) is 11.6 Å². The van der Waals surface area contributed by atoms with Gasteiger partial charge in [0.1, 0.15) is 5.82 Å². The molecule has 1 rings (SSSR count). The quantitative estimate of drug-likeness (QED) is 0.771. The molecule has 5 heteroatoms. The van der Waals surface area contributed by atoms with Crippen molar-refractivity contribution >= 4 is 5.78 Å². The molecule has 0 unspecified atom stereocenters. The van der Waals surface area contributed by atoms with Gasteiger partial charge in [-0.3, -0.25) is 4.79 Å². The number of halogens is 2. The van der Waals surface area contributed by atoms with E-state index in [9.17, 15) is 13.6 Å². The Morgan fingerprint density at radius 1 is 1.47 bits per heavy atom. The minimum atomic E-state index is -0.834. The summed E-state index contributed by atoms with van der Waals surface area (Å²) in [5.74, 6) is -2.32. The number of ketones is 1. The molecule has 0 aromatic heterocycles. The third-order valence-electron chi connectivity index (χ3n) is 1.86. The number of hydrogen-bond acceptors (Lipinski definition) is 3. The second kappa shape index (κ2) is 4.84. The summed E-state index contributed by atoms with van der Waals surface area (Å²) >= 11 is 0. The van der Waals surface area contributed by atoms with Crippen molar-refractivity contribution in [2.45, 2.75) is 0 Å². The van der Waals surface area contributed by atoms with Crippen LogP contribution in [0.25, 0.3) is 0 Å². The lowest BCUT2D eigenvalue weighted by molar-refractivity contribution is 0.0988. The lowest BCUT2D eigenvalue weighted by Gasteiger charge is -2.06. The Balaban J connectivity index is 3.17. The maximum absolute atomic E-state index is 13.5. The largest absolute Gasteiger partial charge is 0.494 e. The highest BCUT2D eigenvalue weighted by molar-refractivity contribution is 5.98. The number of likely N-dealkylation sites (N-methyl/N-ethyl adjacent to an activating group) is 1. The first-order valence-corrected chi connectivity index (χ1v) is 4.31. The van der Waals surface area contributed by atoms with Gasteiger partial charge in [0, 0.05) is 6.07 Å². The molecule has 0 fully saturated rings. The molecule has 1 N–H and O–H groups in total. The van der Waals surface area contributed by atoms with Crippen LogP contribution in [0.2, 0.25) is 0 Å². The van der Waals surface area contributed by atoms with Crippen molar-refractivity contribution in [1.82, 2.24) is 5.32 Å². The number of ether oxygens (including phenoxy) is 1. The first-order valence-electron chi connectivity index (χ1n) is 4.31. The highest BCUT2D eigenvalue weighted by Crippen LogP contribution is 2.22. The van der Waals surface area contributed by atoms with Crippen molar-refractivity contribution in [3.05, 3.63) is 29.3 Å². The van der Waals surface area contributed by atoms with Gasteiger partial charge in [0.25, 0.3) is 0 Å². The topological polar surface area (TPSA) is 38.3 Å². The van der Waals surface area contributed by atoms with E-state index in [4.69, 9.17) is 0 Å². The second-order valence-electron chi connectivity index (χ2n) is 2.92. The van der Waals surface area contributed by atoms with Crippen LogP contribution < -0.4 is 10.1 Å². The van der Waals surface area contributed by atoms with Crippen LogP contribution >= 0.6 is 0 Å². The molecule has 0 aliphatic heterocycles. The van der Waals surface area contributed by atoms with Crippen LogP contribution in [-0.2, 0) is 0 Å². The Kier molecular flexibility index (Phi) is 3.74. The molecule has 1 aromatic carbocycles. The number of carbonyl (C=O) groups excluding carboxylic acids is 1. The van der Waals surface area contributed by atoms with Gasteiger partial charge in [-0.15, -0.1) is 0 Å². The predicted molar refractivity (Wildman–Crippen MR) is 51.2 cm³/mol. The van der Waals surface area contributed by atoms with Gasteiger partial charge >= 0.3 is 0 Å². The first-order chi connectivity index (χ1) is 7.10. The van der Waals surface area contributed by atoms with Gasteiger partial charge in [-0.05, 0) is 13.1 Å².